The standard InChI is InChI=1S/C22H22FN3O2/c1-15(2)28-20-9-7-18(8-10-20)26-19-11-12-24-21(13-19)22(27)25-14-16-3-5-17(23)6-4-16/h3-13,15H,14H2,1-2H3,(H,24,26)(H,25,27). The van der Waals surface area contributed by atoms with Crippen LogP contribution in [0.3, 0.4) is 0 Å². The molecule has 0 saturated carbocycles. The Balaban J connectivity index is 1.61. The third-order valence-electron chi connectivity index (χ3n) is 3.87. The van der Waals surface area contributed by atoms with E-state index in [1.165, 1.54) is 12.1 Å². The molecular formula is C22H22FN3O2. The predicted octanol–water partition coefficient (Wildman–Crippen LogP) is 4.68. The summed E-state index contributed by atoms with van der Waals surface area (Å²) in [4.78, 5) is 16.5. The Bertz CT molecular complexity index is 925. The number of ether oxygens (including phenoxy) is 1. The van der Waals surface area contributed by atoms with E-state index in [4.69, 9.17) is 4.74 Å². The van der Waals surface area contributed by atoms with E-state index in [0.717, 1.165) is 22.7 Å². The van der Waals surface area contributed by atoms with Crippen molar-refractivity contribution < 1.29 is 13.9 Å². The summed E-state index contributed by atoms with van der Waals surface area (Å²) >= 11 is 0. The van der Waals surface area contributed by atoms with Gasteiger partial charge in [0, 0.05) is 24.1 Å². The summed E-state index contributed by atoms with van der Waals surface area (Å²) in [6.07, 6.45) is 1.70. The smallest absolute Gasteiger partial charge is 0.270 e. The summed E-state index contributed by atoms with van der Waals surface area (Å²) < 4.78 is 18.6. The van der Waals surface area contributed by atoms with Crippen LogP contribution in [-0.4, -0.2) is 17.0 Å². The molecule has 144 valence electrons. The molecule has 3 rings (SSSR count). The quantitative estimate of drug-likeness (QED) is 0.626. The molecule has 0 unspecified atom stereocenters. The van der Waals surface area contributed by atoms with E-state index in [1.807, 2.05) is 38.1 Å². The number of rotatable bonds is 7. The summed E-state index contributed by atoms with van der Waals surface area (Å²) in [6, 6.07) is 17.1. The van der Waals surface area contributed by atoms with Gasteiger partial charge in [-0.3, -0.25) is 9.78 Å². The lowest BCUT2D eigenvalue weighted by atomic mass is 10.2. The predicted molar refractivity (Wildman–Crippen MR) is 107 cm³/mol. The molecule has 0 aliphatic carbocycles. The maximum Gasteiger partial charge on any atom is 0.270 e. The average molecular weight is 379 g/mol. The number of amides is 1. The number of anilines is 2. The lowest BCUT2D eigenvalue weighted by molar-refractivity contribution is 0.0946. The Hall–Kier alpha value is -3.41. The Morgan fingerprint density at radius 3 is 2.43 bits per heavy atom. The van der Waals surface area contributed by atoms with Crippen molar-refractivity contribution >= 4 is 17.3 Å². The maximum absolute atomic E-state index is 12.9. The molecule has 1 aromatic heterocycles. The first-order valence-electron chi connectivity index (χ1n) is 9.02. The second-order valence-corrected chi connectivity index (χ2v) is 6.55. The number of aromatic nitrogens is 1. The van der Waals surface area contributed by atoms with Crippen LogP contribution in [-0.2, 0) is 6.54 Å². The topological polar surface area (TPSA) is 63.2 Å². The molecule has 0 spiro atoms. The van der Waals surface area contributed by atoms with Crippen LogP contribution in [0.2, 0.25) is 0 Å². The number of benzene rings is 2. The average Bonchev–Trinajstić information content (AvgIpc) is 2.69. The van der Waals surface area contributed by atoms with Crippen LogP contribution < -0.4 is 15.4 Å². The van der Waals surface area contributed by atoms with E-state index in [2.05, 4.69) is 15.6 Å². The highest BCUT2D eigenvalue weighted by Gasteiger charge is 2.08. The SMILES string of the molecule is CC(C)Oc1ccc(Nc2ccnc(C(=O)NCc3ccc(F)cc3)c2)cc1. The van der Waals surface area contributed by atoms with Crippen molar-refractivity contribution in [3.8, 4) is 5.75 Å². The van der Waals surface area contributed by atoms with E-state index in [9.17, 15) is 9.18 Å². The molecule has 0 fully saturated rings. The van der Waals surface area contributed by atoms with Crippen molar-refractivity contribution in [2.45, 2.75) is 26.5 Å². The van der Waals surface area contributed by atoms with E-state index in [0.29, 0.717) is 12.2 Å². The Morgan fingerprint density at radius 1 is 1.04 bits per heavy atom. The molecule has 5 nitrogen and oxygen atoms in total. The van der Waals surface area contributed by atoms with Crippen molar-refractivity contribution in [2.24, 2.45) is 0 Å². The van der Waals surface area contributed by atoms with Crippen LogP contribution in [0, 0.1) is 5.82 Å². The zero-order valence-corrected chi connectivity index (χ0v) is 15.8. The van der Waals surface area contributed by atoms with Crippen molar-refractivity contribution in [1.82, 2.24) is 10.3 Å². The molecule has 0 bridgehead atoms. The highest BCUT2D eigenvalue weighted by Crippen LogP contribution is 2.21. The largest absolute Gasteiger partial charge is 0.491 e. The van der Waals surface area contributed by atoms with E-state index >= 15 is 0 Å². The molecule has 1 heterocycles. The Labute approximate surface area is 163 Å². The normalized spacial score (nSPS) is 10.6. The van der Waals surface area contributed by atoms with Gasteiger partial charge in [0.1, 0.15) is 17.3 Å². The minimum atomic E-state index is -0.306. The number of hydrogen-bond acceptors (Lipinski definition) is 4. The summed E-state index contributed by atoms with van der Waals surface area (Å²) in [5.74, 6) is 0.198. The first kappa shape index (κ1) is 19.4. The van der Waals surface area contributed by atoms with Gasteiger partial charge in [0.05, 0.1) is 6.10 Å². The molecule has 28 heavy (non-hydrogen) atoms. The van der Waals surface area contributed by atoms with E-state index in [-0.39, 0.29) is 17.8 Å². The second kappa shape index (κ2) is 8.99. The summed E-state index contributed by atoms with van der Waals surface area (Å²) in [7, 11) is 0. The fourth-order valence-corrected chi connectivity index (χ4v) is 2.56. The van der Waals surface area contributed by atoms with Gasteiger partial charge in [-0.2, -0.15) is 0 Å². The molecule has 1 amide bonds. The number of nitrogens with zero attached hydrogens (tertiary/aromatic N) is 1. The highest BCUT2D eigenvalue weighted by atomic mass is 19.1. The number of pyridine rings is 1. The molecule has 6 heteroatoms. The van der Waals surface area contributed by atoms with Gasteiger partial charge in [0.2, 0.25) is 0 Å². The zero-order valence-electron chi connectivity index (χ0n) is 15.8. The first-order chi connectivity index (χ1) is 13.5. The third-order valence-corrected chi connectivity index (χ3v) is 3.87. The molecule has 0 aliphatic rings. The molecule has 2 N–H and O–H groups in total. The van der Waals surface area contributed by atoms with Crippen LogP contribution in [0.4, 0.5) is 15.8 Å². The number of halogens is 1. The Morgan fingerprint density at radius 2 is 1.75 bits per heavy atom. The number of nitrogens with one attached hydrogen (secondary N) is 2. The van der Waals surface area contributed by atoms with Crippen LogP contribution in [0.25, 0.3) is 0 Å². The van der Waals surface area contributed by atoms with Crippen LogP contribution in [0.5, 0.6) is 5.75 Å². The van der Waals surface area contributed by atoms with Crippen LogP contribution >= 0.6 is 0 Å². The van der Waals surface area contributed by atoms with Gasteiger partial charge in [0.25, 0.3) is 5.91 Å². The van der Waals surface area contributed by atoms with Gasteiger partial charge < -0.3 is 15.4 Å². The zero-order chi connectivity index (χ0) is 19.9. The van der Waals surface area contributed by atoms with Gasteiger partial charge in [-0.15, -0.1) is 0 Å². The van der Waals surface area contributed by atoms with Gasteiger partial charge in [-0.1, -0.05) is 12.1 Å². The Kier molecular flexibility index (Phi) is 6.22. The van der Waals surface area contributed by atoms with Crippen molar-refractivity contribution in [1.29, 1.82) is 0 Å². The molecular weight excluding hydrogens is 357 g/mol. The number of hydrogen-bond donors (Lipinski definition) is 2. The molecule has 0 aliphatic heterocycles. The van der Waals surface area contributed by atoms with Crippen molar-refractivity contribution in [3.05, 3.63) is 83.9 Å². The fourth-order valence-electron chi connectivity index (χ4n) is 2.56. The van der Waals surface area contributed by atoms with Gasteiger partial charge in [-0.25, -0.2) is 4.39 Å². The van der Waals surface area contributed by atoms with E-state index < -0.39 is 0 Å². The van der Waals surface area contributed by atoms with Gasteiger partial charge in [0.15, 0.2) is 0 Å². The van der Waals surface area contributed by atoms with Gasteiger partial charge in [-0.05, 0) is 67.9 Å². The number of carbonyl (C=O) groups excluding carboxylic acids is 1. The minimum Gasteiger partial charge on any atom is -0.491 e. The maximum atomic E-state index is 12.9. The molecule has 3 aromatic rings. The lowest BCUT2D eigenvalue weighted by Crippen LogP contribution is -2.23. The second-order valence-electron chi connectivity index (χ2n) is 6.55. The summed E-state index contributed by atoms with van der Waals surface area (Å²) in [5, 5.41) is 6.03. The molecule has 0 radical (unpaired) electrons. The van der Waals surface area contributed by atoms with Crippen LogP contribution in [0.15, 0.2) is 66.9 Å². The van der Waals surface area contributed by atoms with Crippen LogP contribution in [0.1, 0.15) is 29.9 Å². The first-order valence-corrected chi connectivity index (χ1v) is 9.02. The van der Waals surface area contributed by atoms with Crippen molar-refractivity contribution in [2.75, 3.05) is 5.32 Å². The number of carbonyl (C=O) groups is 1. The molecule has 0 saturated heterocycles. The summed E-state index contributed by atoms with van der Waals surface area (Å²) in [5.41, 5.74) is 2.74. The summed E-state index contributed by atoms with van der Waals surface area (Å²) in [6.45, 7) is 4.26. The molecule has 0 atom stereocenters. The van der Waals surface area contributed by atoms with Gasteiger partial charge >= 0.3 is 0 Å². The monoisotopic (exact) mass is 379 g/mol. The lowest BCUT2D eigenvalue weighted by Gasteiger charge is -2.11. The third kappa shape index (κ3) is 5.54. The van der Waals surface area contributed by atoms with E-state index in [1.54, 1.807) is 30.5 Å². The minimum absolute atomic E-state index is 0.120. The molecule has 2 aromatic carbocycles. The highest BCUT2D eigenvalue weighted by molar-refractivity contribution is 5.93. The van der Waals surface area contributed by atoms with Crippen molar-refractivity contribution in [3.63, 3.8) is 0 Å². The fraction of sp³-hybridized carbons (Fsp3) is 0.182.